The van der Waals surface area contributed by atoms with E-state index in [4.69, 9.17) is 0 Å². The van der Waals surface area contributed by atoms with E-state index in [-0.39, 0.29) is 17.1 Å². The fourth-order valence-electron chi connectivity index (χ4n) is 5.30. The number of hydrogen-bond acceptors (Lipinski definition) is 0. The van der Waals surface area contributed by atoms with Crippen LogP contribution in [-0.2, 0) is 23.2 Å². The third kappa shape index (κ3) is 8.01. The minimum absolute atomic E-state index is 0. The minimum atomic E-state index is -0.666. The second-order valence-corrected chi connectivity index (χ2v) is 14.6. The van der Waals surface area contributed by atoms with Gasteiger partial charge in [0.15, 0.2) is 0 Å². The second-order valence-electron chi connectivity index (χ2n) is 10.3. The van der Waals surface area contributed by atoms with Crippen molar-refractivity contribution in [1.82, 2.24) is 0 Å². The molecule has 7 aromatic rings. The van der Waals surface area contributed by atoms with Gasteiger partial charge in [-0.05, 0) is 43.2 Å². The average Bonchev–Trinajstić information content (AvgIpc) is 3.82. The van der Waals surface area contributed by atoms with Crippen molar-refractivity contribution in [3.05, 3.63) is 200 Å². The van der Waals surface area contributed by atoms with E-state index in [1.54, 1.807) is 0 Å². The Morgan fingerprint density at radius 1 is 0.477 bits per heavy atom. The Morgan fingerprint density at radius 3 is 1.41 bits per heavy atom. The zero-order valence-corrected chi connectivity index (χ0v) is 27.3. The topological polar surface area (TPSA) is 0 Å². The summed E-state index contributed by atoms with van der Waals surface area (Å²) in [5, 5.41) is 7.02. The van der Waals surface area contributed by atoms with E-state index in [2.05, 4.69) is 164 Å². The summed E-state index contributed by atoms with van der Waals surface area (Å²) in [4.78, 5) is 0. The third-order valence-electron chi connectivity index (χ3n) is 7.33. The molecule has 7 rings (SSSR count). The van der Waals surface area contributed by atoms with E-state index >= 15 is 0 Å². The van der Waals surface area contributed by atoms with Crippen LogP contribution in [0.4, 0.5) is 0 Å². The Labute approximate surface area is 275 Å². The van der Waals surface area contributed by atoms with Gasteiger partial charge in [0.05, 0.1) is 0 Å². The normalized spacial score (nSPS) is 10.6. The maximum Gasteiger partial charge on any atom is 2.00 e. The molecule has 0 saturated heterocycles. The predicted octanol–water partition coefficient (Wildman–Crippen LogP) is 8.87. The first-order valence-corrected chi connectivity index (χ1v) is 17.5. The Balaban J connectivity index is 0.000000584. The molecule has 0 fully saturated rings. The molecule has 0 atom stereocenters. The zero-order valence-electron chi connectivity index (χ0n) is 24.4. The molecular formula is C41H34FeP2. The summed E-state index contributed by atoms with van der Waals surface area (Å²) in [5.74, 6) is 0. The van der Waals surface area contributed by atoms with Crippen molar-refractivity contribution in [3.8, 4) is 11.1 Å². The van der Waals surface area contributed by atoms with Crippen LogP contribution in [0.2, 0.25) is 0 Å². The molecule has 216 valence electrons. The van der Waals surface area contributed by atoms with Crippen LogP contribution >= 0.6 is 15.8 Å². The molecule has 0 amide bonds. The van der Waals surface area contributed by atoms with Crippen LogP contribution in [0, 0.1) is 0 Å². The first kappa shape index (κ1) is 31.6. The fraction of sp³-hybridized carbons (Fsp3) is 0.0244. The van der Waals surface area contributed by atoms with Gasteiger partial charge in [-0.25, -0.2) is 12.1 Å². The van der Waals surface area contributed by atoms with Crippen LogP contribution in [0.3, 0.4) is 0 Å². The molecule has 0 heterocycles. The van der Waals surface area contributed by atoms with Crippen LogP contribution in [0.25, 0.3) is 11.1 Å². The van der Waals surface area contributed by atoms with Gasteiger partial charge in [0.25, 0.3) is 0 Å². The molecule has 0 saturated carbocycles. The van der Waals surface area contributed by atoms with Gasteiger partial charge in [0, 0.05) is 0 Å². The molecule has 0 radical (unpaired) electrons. The first-order valence-electron chi connectivity index (χ1n) is 14.7. The van der Waals surface area contributed by atoms with Gasteiger partial charge < -0.3 is 0 Å². The predicted molar refractivity (Wildman–Crippen MR) is 191 cm³/mol. The second kappa shape index (κ2) is 16.3. The third-order valence-corrected chi connectivity index (χ3v) is 12.4. The van der Waals surface area contributed by atoms with E-state index in [1.807, 2.05) is 30.3 Å². The Bertz CT molecular complexity index is 1680. The summed E-state index contributed by atoms with van der Waals surface area (Å²) in [6.45, 7) is 0. The van der Waals surface area contributed by atoms with Gasteiger partial charge in [-0.3, -0.25) is 0 Å². The smallest absolute Gasteiger partial charge is 0.214 e. The first-order chi connectivity index (χ1) is 21.4. The van der Waals surface area contributed by atoms with Crippen LogP contribution in [-0.4, -0.2) is 0 Å². The van der Waals surface area contributed by atoms with Gasteiger partial charge in [0.1, 0.15) is 0 Å². The standard InChI is InChI=1S/C36H29P2.C5H5.Fe/c1-5-15-31(16-6-1)37(32-17-7-2-8-18-32)28-29-25-26-30(27-29)35-23-13-14-24-36(35)38(33-19-9-3-10-20-33)34-21-11-4-12-22-34;1-2-4-5-3-1;/h1-27H,28H2;1-5H;/q2*-1;+2. The molecule has 44 heavy (non-hydrogen) atoms. The summed E-state index contributed by atoms with van der Waals surface area (Å²) < 4.78 is 0. The molecule has 0 aliphatic carbocycles. The van der Waals surface area contributed by atoms with E-state index in [1.165, 1.54) is 43.2 Å². The van der Waals surface area contributed by atoms with Crippen LogP contribution < -0.4 is 26.5 Å². The zero-order chi connectivity index (χ0) is 29.1. The average molecular weight is 645 g/mol. The van der Waals surface area contributed by atoms with Gasteiger partial charge >= 0.3 is 17.1 Å². The summed E-state index contributed by atoms with van der Waals surface area (Å²) in [6, 6.07) is 70.0. The van der Waals surface area contributed by atoms with Crippen LogP contribution in [0.5, 0.6) is 0 Å². The van der Waals surface area contributed by atoms with Gasteiger partial charge in [-0.1, -0.05) is 150 Å². The number of hydrogen-bond donors (Lipinski definition) is 0. The van der Waals surface area contributed by atoms with Crippen molar-refractivity contribution < 1.29 is 17.1 Å². The van der Waals surface area contributed by atoms with E-state index in [0.29, 0.717) is 0 Å². The maximum atomic E-state index is 2.42. The van der Waals surface area contributed by atoms with Gasteiger partial charge in [-0.2, -0.15) is 18.2 Å². The molecule has 0 nitrogen and oxygen atoms in total. The van der Waals surface area contributed by atoms with Crippen LogP contribution in [0.1, 0.15) is 5.56 Å². The van der Waals surface area contributed by atoms with Crippen molar-refractivity contribution >= 4 is 42.4 Å². The van der Waals surface area contributed by atoms with Crippen molar-refractivity contribution in [1.29, 1.82) is 0 Å². The van der Waals surface area contributed by atoms with E-state index < -0.39 is 15.8 Å². The summed E-state index contributed by atoms with van der Waals surface area (Å²) in [5.41, 5.74) is 4.05. The molecular weight excluding hydrogens is 610 g/mol. The minimum Gasteiger partial charge on any atom is -0.214 e. The summed E-state index contributed by atoms with van der Waals surface area (Å²) in [7, 11) is -1.14. The fourth-order valence-corrected chi connectivity index (χ4v) is 10.1. The summed E-state index contributed by atoms with van der Waals surface area (Å²) >= 11 is 0. The van der Waals surface area contributed by atoms with E-state index in [0.717, 1.165) is 6.16 Å². The molecule has 0 N–H and O–H groups in total. The van der Waals surface area contributed by atoms with Gasteiger partial charge in [-0.15, -0.1) is 35.4 Å². The molecule has 0 spiro atoms. The maximum absolute atomic E-state index is 2.42. The Morgan fingerprint density at radius 2 is 0.932 bits per heavy atom. The molecule has 0 aromatic heterocycles. The van der Waals surface area contributed by atoms with E-state index in [9.17, 15) is 0 Å². The van der Waals surface area contributed by atoms with Crippen LogP contribution in [0.15, 0.2) is 194 Å². The van der Waals surface area contributed by atoms with Crippen molar-refractivity contribution in [3.63, 3.8) is 0 Å². The number of benzene rings is 5. The molecule has 0 aliphatic heterocycles. The summed E-state index contributed by atoms with van der Waals surface area (Å²) in [6.07, 6.45) is 1.04. The van der Waals surface area contributed by atoms with Crippen molar-refractivity contribution in [2.24, 2.45) is 0 Å². The molecule has 0 bridgehead atoms. The Kier molecular flexibility index (Phi) is 11.7. The largest absolute Gasteiger partial charge is 2.00 e. The van der Waals surface area contributed by atoms with Gasteiger partial charge in [0.2, 0.25) is 0 Å². The van der Waals surface area contributed by atoms with Crippen molar-refractivity contribution in [2.45, 2.75) is 6.16 Å². The monoisotopic (exact) mass is 644 g/mol. The van der Waals surface area contributed by atoms with Crippen molar-refractivity contribution in [2.75, 3.05) is 0 Å². The number of rotatable bonds is 8. The SMILES string of the molecule is [Fe+2].c1cc[cH-]c1.c1ccc(P(Cc2cc[c-](-c3ccccc3P(c3ccccc3)c3ccccc3)c2)c2ccccc2)cc1. The molecule has 0 unspecified atom stereocenters. The quantitative estimate of drug-likeness (QED) is 0.0881. The Hall–Kier alpha value is -3.82. The molecule has 3 heteroatoms. The molecule has 0 aliphatic rings. The molecule has 7 aromatic carbocycles.